The highest BCUT2D eigenvalue weighted by atomic mass is 16.6. The fraction of sp³-hybridized carbons (Fsp3) is 0.667. The summed E-state index contributed by atoms with van der Waals surface area (Å²) in [5, 5.41) is 2.43. The second-order valence-electron chi connectivity index (χ2n) is 1.93. The molecule has 0 N–H and O–H groups in total. The molecular weight excluding hydrogens is 166 g/mol. The van der Waals surface area contributed by atoms with E-state index in [1.54, 1.807) is 0 Å². The van der Waals surface area contributed by atoms with Crippen molar-refractivity contribution in [2.24, 2.45) is 5.18 Å². The molecule has 0 saturated heterocycles. The number of carbonyl (C=O) groups is 2. The number of hydrogen-bond donors (Lipinski definition) is 0. The lowest BCUT2D eigenvalue weighted by atomic mass is 10.3. The number of ether oxygens (including phenoxy) is 2. The van der Waals surface area contributed by atoms with Crippen LogP contribution in [0.2, 0.25) is 0 Å². The van der Waals surface area contributed by atoms with Gasteiger partial charge in [0.25, 0.3) is 0 Å². The first kappa shape index (κ1) is 10.5. The average Bonchev–Trinajstić information content (AvgIpc) is 2.01. The molecule has 0 fully saturated rings. The van der Waals surface area contributed by atoms with Crippen molar-refractivity contribution in [2.45, 2.75) is 13.0 Å². The topological polar surface area (TPSA) is 82.0 Å². The summed E-state index contributed by atoms with van der Waals surface area (Å²) in [6.07, 6.45) is -1.22. The van der Waals surface area contributed by atoms with E-state index in [4.69, 9.17) is 0 Å². The van der Waals surface area contributed by atoms with Gasteiger partial charge in [-0.3, -0.25) is 4.79 Å². The van der Waals surface area contributed by atoms with Crippen molar-refractivity contribution < 1.29 is 19.1 Å². The number of hydrogen-bond acceptors (Lipinski definition) is 6. The van der Waals surface area contributed by atoms with Gasteiger partial charge in [0.05, 0.1) is 7.11 Å². The van der Waals surface area contributed by atoms with Gasteiger partial charge < -0.3 is 9.47 Å². The van der Waals surface area contributed by atoms with Crippen molar-refractivity contribution in [2.75, 3.05) is 13.7 Å². The van der Waals surface area contributed by atoms with Crippen LogP contribution in [0.5, 0.6) is 0 Å². The van der Waals surface area contributed by atoms with Gasteiger partial charge >= 0.3 is 11.9 Å². The Hall–Kier alpha value is -1.46. The molecule has 0 aliphatic heterocycles. The van der Waals surface area contributed by atoms with Gasteiger partial charge in [-0.2, -0.15) is 4.91 Å². The predicted molar refractivity (Wildman–Crippen MR) is 38.2 cm³/mol. The molecule has 0 aliphatic carbocycles. The normalized spacial score (nSPS) is 11.5. The standard InChI is InChI=1S/C6H9NO5/c1-4(8)12-5(3-7-10)6(9)11-2/h5H,3H2,1-2H3. The third-order valence-electron chi connectivity index (χ3n) is 1.01. The van der Waals surface area contributed by atoms with E-state index in [1.807, 2.05) is 0 Å². The number of methoxy groups -OCH3 is 1. The average molecular weight is 175 g/mol. The Morgan fingerprint density at radius 1 is 1.50 bits per heavy atom. The molecule has 1 unspecified atom stereocenters. The summed E-state index contributed by atoms with van der Waals surface area (Å²) in [6, 6.07) is 0. The van der Waals surface area contributed by atoms with E-state index in [2.05, 4.69) is 14.7 Å². The van der Waals surface area contributed by atoms with E-state index in [-0.39, 0.29) is 0 Å². The third kappa shape index (κ3) is 3.65. The van der Waals surface area contributed by atoms with Gasteiger partial charge in [-0.25, -0.2) is 4.79 Å². The van der Waals surface area contributed by atoms with Gasteiger partial charge in [0.2, 0.25) is 6.10 Å². The molecule has 0 saturated carbocycles. The lowest BCUT2D eigenvalue weighted by molar-refractivity contribution is -0.163. The van der Waals surface area contributed by atoms with E-state index in [9.17, 15) is 14.5 Å². The van der Waals surface area contributed by atoms with Crippen LogP contribution in [0.4, 0.5) is 0 Å². The fourth-order valence-corrected chi connectivity index (χ4v) is 0.559. The zero-order valence-electron chi connectivity index (χ0n) is 6.77. The molecule has 0 aliphatic rings. The smallest absolute Gasteiger partial charge is 0.349 e. The molecule has 0 aromatic rings. The first-order chi connectivity index (χ1) is 5.61. The lowest BCUT2D eigenvalue weighted by Crippen LogP contribution is -2.30. The van der Waals surface area contributed by atoms with Crippen LogP contribution in [-0.4, -0.2) is 31.7 Å². The summed E-state index contributed by atoms with van der Waals surface area (Å²) in [7, 11) is 1.13. The van der Waals surface area contributed by atoms with Crippen molar-refractivity contribution >= 4 is 11.9 Å². The van der Waals surface area contributed by atoms with Crippen molar-refractivity contribution in [1.29, 1.82) is 0 Å². The molecule has 0 aromatic heterocycles. The molecule has 0 bridgehead atoms. The van der Waals surface area contributed by atoms with Crippen LogP contribution >= 0.6 is 0 Å². The number of nitroso groups, excluding NO2 is 1. The Kier molecular flexibility index (Phi) is 4.59. The zero-order valence-corrected chi connectivity index (χ0v) is 6.77. The second kappa shape index (κ2) is 5.22. The molecule has 0 aromatic carbocycles. The van der Waals surface area contributed by atoms with Crippen LogP contribution in [0.1, 0.15) is 6.92 Å². The monoisotopic (exact) mass is 175 g/mol. The minimum atomic E-state index is -1.22. The number of rotatable bonds is 4. The van der Waals surface area contributed by atoms with Crippen molar-refractivity contribution in [3.63, 3.8) is 0 Å². The van der Waals surface area contributed by atoms with Gasteiger partial charge in [-0.1, -0.05) is 5.18 Å². The molecule has 0 rings (SSSR count). The molecule has 0 spiro atoms. The lowest BCUT2D eigenvalue weighted by Gasteiger charge is -2.09. The molecule has 6 nitrogen and oxygen atoms in total. The summed E-state index contributed by atoms with van der Waals surface area (Å²) in [5.41, 5.74) is 0. The number of esters is 2. The van der Waals surface area contributed by atoms with Crippen molar-refractivity contribution in [1.82, 2.24) is 0 Å². The largest absolute Gasteiger partial charge is 0.466 e. The maximum absolute atomic E-state index is 10.7. The highest BCUT2D eigenvalue weighted by Crippen LogP contribution is 1.96. The van der Waals surface area contributed by atoms with E-state index >= 15 is 0 Å². The Bertz CT molecular complexity index is 190. The van der Waals surface area contributed by atoms with Gasteiger partial charge in [0.1, 0.15) is 6.54 Å². The van der Waals surface area contributed by atoms with E-state index in [1.165, 1.54) is 0 Å². The maximum atomic E-state index is 10.7. The second-order valence-corrected chi connectivity index (χ2v) is 1.93. The summed E-state index contributed by atoms with van der Waals surface area (Å²) in [5.74, 6) is -1.45. The first-order valence-corrected chi connectivity index (χ1v) is 3.16. The van der Waals surface area contributed by atoms with Crippen LogP contribution < -0.4 is 0 Å². The van der Waals surface area contributed by atoms with E-state index < -0.39 is 24.6 Å². The maximum Gasteiger partial charge on any atom is 0.349 e. The molecule has 12 heavy (non-hydrogen) atoms. The molecule has 0 heterocycles. The summed E-state index contributed by atoms with van der Waals surface area (Å²) in [6.45, 7) is 0.701. The van der Waals surface area contributed by atoms with E-state index in [0.717, 1.165) is 14.0 Å². The predicted octanol–water partition coefficient (Wildman–Crippen LogP) is -0.143. The SMILES string of the molecule is COC(=O)C(CN=O)OC(C)=O. The van der Waals surface area contributed by atoms with Crippen LogP contribution in [0.15, 0.2) is 5.18 Å². The highest BCUT2D eigenvalue weighted by Gasteiger charge is 2.22. The minimum absolute atomic E-state index is 0.424. The molecule has 6 heteroatoms. The Balaban J connectivity index is 4.11. The Morgan fingerprint density at radius 2 is 2.08 bits per heavy atom. The van der Waals surface area contributed by atoms with Crippen LogP contribution in [0.25, 0.3) is 0 Å². The first-order valence-electron chi connectivity index (χ1n) is 3.16. The summed E-state index contributed by atoms with van der Waals surface area (Å²) in [4.78, 5) is 30.9. The summed E-state index contributed by atoms with van der Waals surface area (Å²) < 4.78 is 8.69. The van der Waals surface area contributed by atoms with Crippen LogP contribution in [0, 0.1) is 4.91 Å². The van der Waals surface area contributed by atoms with Gasteiger partial charge in [-0.15, -0.1) is 0 Å². The quantitative estimate of drug-likeness (QED) is 0.438. The Labute approximate surface area is 68.8 Å². The minimum Gasteiger partial charge on any atom is -0.466 e. The molecule has 1 atom stereocenters. The van der Waals surface area contributed by atoms with Crippen LogP contribution in [0.3, 0.4) is 0 Å². The molecule has 68 valence electrons. The highest BCUT2D eigenvalue weighted by molar-refractivity contribution is 5.78. The number of nitrogens with zero attached hydrogens (tertiary/aromatic N) is 1. The summed E-state index contributed by atoms with van der Waals surface area (Å²) >= 11 is 0. The molecule has 0 radical (unpaired) electrons. The Morgan fingerprint density at radius 3 is 2.42 bits per heavy atom. The fourth-order valence-electron chi connectivity index (χ4n) is 0.559. The third-order valence-corrected chi connectivity index (χ3v) is 1.01. The molecule has 0 amide bonds. The van der Waals surface area contributed by atoms with Crippen LogP contribution in [-0.2, 0) is 19.1 Å². The van der Waals surface area contributed by atoms with Gasteiger partial charge in [0.15, 0.2) is 0 Å². The number of carbonyl (C=O) groups excluding carboxylic acids is 2. The van der Waals surface area contributed by atoms with Gasteiger partial charge in [-0.05, 0) is 0 Å². The van der Waals surface area contributed by atoms with E-state index in [0.29, 0.717) is 0 Å². The van der Waals surface area contributed by atoms with Gasteiger partial charge in [0, 0.05) is 6.92 Å². The van der Waals surface area contributed by atoms with Crippen molar-refractivity contribution in [3.05, 3.63) is 4.91 Å². The molecular formula is C6H9NO5. The zero-order chi connectivity index (χ0) is 9.56. The van der Waals surface area contributed by atoms with Crippen molar-refractivity contribution in [3.8, 4) is 0 Å².